The van der Waals surface area contributed by atoms with E-state index in [-0.39, 0.29) is 12.2 Å². The highest BCUT2D eigenvalue weighted by Gasteiger charge is 2.32. The molecule has 3 nitrogen and oxygen atoms in total. The fourth-order valence-corrected chi connectivity index (χ4v) is 4.07. The number of benzene rings is 1. The summed E-state index contributed by atoms with van der Waals surface area (Å²) in [6, 6.07) is 5.47. The maximum absolute atomic E-state index is 13.2. The zero-order chi connectivity index (χ0) is 15.3. The lowest BCUT2D eigenvalue weighted by Gasteiger charge is -2.24. The third kappa shape index (κ3) is 3.92. The first-order valence-electron chi connectivity index (χ1n) is 6.69. The molecule has 1 aromatic rings. The molecule has 0 fully saturated rings. The van der Waals surface area contributed by atoms with E-state index in [9.17, 15) is 4.57 Å². The van der Waals surface area contributed by atoms with Crippen molar-refractivity contribution in [3.05, 3.63) is 42.5 Å². The Morgan fingerprint density at radius 2 is 1.60 bits per heavy atom. The zero-order valence-corrected chi connectivity index (χ0v) is 13.5. The first-order valence-corrected chi connectivity index (χ1v) is 8.23. The summed E-state index contributed by atoms with van der Waals surface area (Å²) in [5.41, 5.74) is 1.60. The van der Waals surface area contributed by atoms with E-state index < -0.39 is 7.60 Å². The average molecular weight is 294 g/mol. The first kappa shape index (κ1) is 16.9. The van der Waals surface area contributed by atoms with Gasteiger partial charge in [-0.15, -0.1) is 0 Å². The zero-order valence-electron chi connectivity index (χ0n) is 12.6. The van der Waals surface area contributed by atoms with Gasteiger partial charge in [0.15, 0.2) is 0 Å². The van der Waals surface area contributed by atoms with E-state index in [4.69, 9.17) is 9.05 Å². The standard InChI is InChI=1S/C16H23O3P/c1-7-14-10-9-11-16(15(14)8-2)20(17,18-12(3)4)19-13(5)6/h7-13H,1-2H2,3-6H3. The van der Waals surface area contributed by atoms with E-state index >= 15 is 0 Å². The van der Waals surface area contributed by atoms with Gasteiger partial charge in [-0.1, -0.05) is 37.4 Å². The topological polar surface area (TPSA) is 35.5 Å². The predicted octanol–water partition coefficient (Wildman–Crippen LogP) is 4.64. The van der Waals surface area contributed by atoms with Crippen molar-refractivity contribution in [3.8, 4) is 0 Å². The Balaban J connectivity index is 3.44. The highest BCUT2D eigenvalue weighted by atomic mass is 31.2. The Morgan fingerprint density at radius 1 is 1.05 bits per heavy atom. The van der Waals surface area contributed by atoms with Gasteiger partial charge < -0.3 is 9.05 Å². The Labute approximate surface area is 121 Å². The van der Waals surface area contributed by atoms with Gasteiger partial charge in [0, 0.05) is 0 Å². The second-order valence-electron chi connectivity index (χ2n) is 4.99. The molecule has 0 aliphatic rings. The molecule has 0 aliphatic heterocycles. The number of rotatable bonds is 7. The molecule has 4 heteroatoms. The van der Waals surface area contributed by atoms with E-state index in [1.807, 2.05) is 39.8 Å². The van der Waals surface area contributed by atoms with Gasteiger partial charge in [0.2, 0.25) is 0 Å². The molecule has 0 atom stereocenters. The van der Waals surface area contributed by atoms with Crippen molar-refractivity contribution in [3.63, 3.8) is 0 Å². The van der Waals surface area contributed by atoms with Crippen LogP contribution >= 0.6 is 7.60 Å². The summed E-state index contributed by atoms with van der Waals surface area (Å²) in [5.74, 6) is 0. The van der Waals surface area contributed by atoms with Gasteiger partial charge in [0.25, 0.3) is 0 Å². The average Bonchev–Trinajstić information content (AvgIpc) is 2.35. The molecule has 20 heavy (non-hydrogen) atoms. The molecule has 0 heterocycles. The van der Waals surface area contributed by atoms with Crippen LogP contribution in [0.25, 0.3) is 12.2 Å². The lowest BCUT2D eigenvalue weighted by molar-refractivity contribution is 0.150. The van der Waals surface area contributed by atoms with Crippen LogP contribution in [-0.4, -0.2) is 12.2 Å². The minimum atomic E-state index is -3.40. The maximum atomic E-state index is 13.2. The van der Waals surface area contributed by atoms with Gasteiger partial charge >= 0.3 is 7.60 Å². The van der Waals surface area contributed by atoms with E-state index in [2.05, 4.69) is 13.2 Å². The molecule has 0 amide bonds. The third-order valence-corrected chi connectivity index (χ3v) is 4.91. The molecule has 0 spiro atoms. The first-order chi connectivity index (χ1) is 9.34. The van der Waals surface area contributed by atoms with Gasteiger partial charge in [-0.2, -0.15) is 0 Å². The summed E-state index contributed by atoms with van der Waals surface area (Å²) in [7, 11) is -3.40. The smallest absolute Gasteiger partial charge is 0.302 e. The van der Waals surface area contributed by atoms with Crippen molar-refractivity contribution in [2.24, 2.45) is 0 Å². The Hall–Kier alpha value is -1.15. The van der Waals surface area contributed by atoms with Crippen LogP contribution in [0.15, 0.2) is 31.4 Å². The summed E-state index contributed by atoms with van der Waals surface area (Å²) in [6.45, 7) is 14.9. The van der Waals surface area contributed by atoms with Crippen LogP contribution in [0.4, 0.5) is 0 Å². The largest absolute Gasteiger partial charge is 0.362 e. The summed E-state index contributed by atoms with van der Waals surface area (Å²) >= 11 is 0. The Morgan fingerprint density at radius 3 is 2.00 bits per heavy atom. The highest BCUT2D eigenvalue weighted by Crippen LogP contribution is 2.50. The molecule has 110 valence electrons. The monoisotopic (exact) mass is 294 g/mol. The summed E-state index contributed by atoms with van der Waals surface area (Å²) in [6.07, 6.45) is 2.95. The number of hydrogen-bond acceptors (Lipinski definition) is 3. The summed E-state index contributed by atoms with van der Waals surface area (Å²) in [5, 5.41) is 0.535. The second kappa shape index (κ2) is 7.03. The van der Waals surface area contributed by atoms with Gasteiger partial charge in [-0.05, 0) is 44.9 Å². The van der Waals surface area contributed by atoms with Crippen molar-refractivity contribution in [1.82, 2.24) is 0 Å². The fraction of sp³-hybridized carbons (Fsp3) is 0.375. The fourth-order valence-electron chi connectivity index (χ4n) is 1.90. The summed E-state index contributed by atoms with van der Waals surface area (Å²) in [4.78, 5) is 0. The quantitative estimate of drug-likeness (QED) is 0.687. The minimum Gasteiger partial charge on any atom is -0.302 e. The molecule has 0 saturated carbocycles. The molecule has 0 aromatic heterocycles. The predicted molar refractivity (Wildman–Crippen MR) is 86.3 cm³/mol. The SMILES string of the molecule is C=Cc1cccc(P(=O)(OC(C)C)OC(C)C)c1C=C. The maximum Gasteiger partial charge on any atom is 0.362 e. The molecule has 1 aromatic carbocycles. The van der Waals surface area contributed by atoms with Crippen LogP contribution in [0.5, 0.6) is 0 Å². The molecule has 0 saturated heterocycles. The normalized spacial score (nSPS) is 11.9. The van der Waals surface area contributed by atoms with Crippen LogP contribution in [0.1, 0.15) is 38.8 Å². The lowest BCUT2D eigenvalue weighted by Crippen LogP contribution is -2.19. The van der Waals surface area contributed by atoms with Crippen LogP contribution in [0, 0.1) is 0 Å². The van der Waals surface area contributed by atoms with Crippen molar-refractivity contribution < 1.29 is 13.6 Å². The molecule has 0 N–H and O–H groups in total. The second-order valence-corrected chi connectivity index (χ2v) is 6.89. The van der Waals surface area contributed by atoms with Crippen LogP contribution in [-0.2, 0) is 13.6 Å². The van der Waals surface area contributed by atoms with Crippen molar-refractivity contribution in [1.29, 1.82) is 0 Å². The van der Waals surface area contributed by atoms with Crippen LogP contribution in [0.2, 0.25) is 0 Å². The molecule has 0 unspecified atom stereocenters. The molecular formula is C16H23O3P. The Kier molecular flexibility index (Phi) is 5.94. The van der Waals surface area contributed by atoms with E-state index in [1.165, 1.54) is 0 Å². The lowest BCUT2D eigenvalue weighted by atomic mass is 10.1. The third-order valence-electron chi connectivity index (χ3n) is 2.54. The molecular weight excluding hydrogens is 271 g/mol. The highest BCUT2D eigenvalue weighted by molar-refractivity contribution is 7.62. The molecule has 1 rings (SSSR count). The van der Waals surface area contributed by atoms with E-state index in [1.54, 1.807) is 18.2 Å². The molecule has 0 radical (unpaired) electrons. The van der Waals surface area contributed by atoms with Crippen LogP contribution in [0.3, 0.4) is 0 Å². The van der Waals surface area contributed by atoms with E-state index in [0.29, 0.717) is 5.30 Å². The van der Waals surface area contributed by atoms with Gasteiger partial charge in [0.1, 0.15) is 0 Å². The van der Waals surface area contributed by atoms with Gasteiger partial charge in [-0.3, -0.25) is 4.57 Å². The molecule has 0 bridgehead atoms. The minimum absolute atomic E-state index is 0.204. The number of hydrogen-bond donors (Lipinski definition) is 0. The summed E-state index contributed by atoms with van der Waals surface area (Å²) < 4.78 is 24.4. The van der Waals surface area contributed by atoms with Crippen molar-refractivity contribution in [2.45, 2.75) is 39.9 Å². The van der Waals surface area contributed by atoms with Crippen LogP contribution < -0.4 is 5.30 Å². The van der Waals surface area contributed by atoms with E-state index in [0.717, 1.165) is 11.1 Å². The molecule has 0 aliphatic carbocycles. The van der Waals surface area contributed by atoms with Gasteiger partial charge in [0.05, 0.1) is 17.5 Å². The van der Waals surface area contributed by atoms with Crippen molar-refractivity contribution in [2.75, 3.05) is 0 Å². The van der Waals surface area contributed by atoms with Gasteiger partial charge in [-0.25, -0.2) is 0 Å². The van der Waals surface area contributed by atoms with Crippen molar-refractivity contribution >= 4 is 25.1 Å². The Bertz CT molecular complexity index is 519.